The Kier molecular flexibility index (Phi) is 3.88. The third-order valence-electron chi connectivity index (χ3n) is 3.45. The summed E-state index contributed by atoms with van der Waals surface area (Å²) in [6, 6.07) is 1.73. The molecule has 16 heavy (non-hydrogen) atoms. The smallest absolute Gasteiger partial charge is 0.141 e. The first-order chi connectivity index (χ1) is 7.75. The molecular formula is C13H19FN2. The summed E-state index contributed by atoms with van der Waals surface area (Å²) in [5.74, 6) is 0.662. The van der Waals surface area contributed by atoms with Gasteiger partial charge in [0, 0.05) is 12.2 Å². The lowest BCUT2D eigenvalue weighted by Gasteiger charge is -2.26. The Labute approximate surface area is 96.3 Å². The van der Waals surface area contributed by atoms with Crippen LogP contribution in [-0.4, -0.2) is 11.5 Å². The molecule has 3 heteroatoms. The molecule has 0 aromatic carbocycles. The fraction of sp³-hybridized carbons (Fsp3) is 0.615. The molecule has 1 atom stereocenters. The molecule has 1 unspecified atom stereocenters. The van der Waals surface area contributed by atoms with Crippen LogP contribution in [0.1, 0.15) is 44.2 Å². The maximum Gasteiger partial charge on any atom is 0.141 e. The zero-order valence-corrected chi connectivity index (χ0v) is 9.75. The number of aromatic nitrogens is 1. The molecule has 1 N–H and O–H groups in total. The number of hydrogen-bond acceptors (Lipinski definition) is 2. The standard InChI is InChI=1S/C13H19FN2/c1-10(12-7-13(14)9-15-8-12)16-6-5-11-3-2-4-11/h7-11,16H,2-6H2,1H3. The fourth-order valence-electron chi connectivity index (χ4n) is 2.07. The van der Waals surface area contributed by atoms with Crippen LogP contribution >= 0.6 is 0 Å². The van der Waals surface area contributed by atoms with Crippen molar-refractivity contribution in [3.8, 4) is 0 Å². The van der Waals surface area contributed by atoms with Gasteiger partial charge in [-0.05, 0) is 37.4 Å². The van der Waals surface area contributed by atoms with Crippen molar-refractivity contribution < 1.29 is 4.39 Å². The van der Waals surface area contributed by atoms with Gasteiger partial charge in [-0.25, -0.2) is 4.39 Å². The van der Waals surface area contributed by atoms with E-state index in [1.807, 2.05) is 0 Å². The molecule has 1 aromatic rings. The molecule has 0 saturated heterocycles. The highest BCUT2D eigenvalue weighted by Crippen LogP contribution is 2.29. The lowest BCUT2D eigenvalue weighted by atomic mass is 9.83. The van der Waals surface area contributed by atoms with Crippen molar-refractivity contribution in [3.05, 3.63) is 29.8 Å². The molecule has 0 bridgehead atoms. The number of hydrogen-bond donors (Lipinski definition) is 1. The minimum atomic E-state index is -0.259. The molecule has 1 aliphatic rings. The van der Waals surface area contributed by atoms with Gasteiger partial charge in [-0.2, -0.15) is 0 Å². The van der Waals surface area contributed by atoms with Crippen LogP contribution < -0.4 is 5.32 Å². The van der Waals surface area contributed by atoms with E-state index in [1.54, 1.807) is 12.3 Å². The van der Waals surface area contributed by atoms with E-state index in [9.17, 15) is 4.39 Å². The second-order valence-corrected chi connectivity index (χ2v) is 4.70. The Hall–Kier alpha value is -0.960. The predicted molar refractivity (Wildman–Crippen MR) is 62.6 cm³/mol. The molecule has 0 radical (unpaired) electrons. The maximum absolute atomic E-state index is 13.0. The molecule has 0 aliphatic heterocycles. The summed E-state index contributed by atoms with van der Waals surface area (Å²) >= 11 is 0. The summed E-state index contributed by atoms with van der Waals surface area (Å²) in [4.78, 5) is 3.86. The van der Waals surface area contributed by atoms with Gasteiger partial charge in [0.15, 0.2) is 0 Å². The number of nitrogens with zero attached hydrogens (tertiary/aromatic N) is 1. The molecule has 88 valence electrons. The molecule has 1 fully saturated rings. The largest absolute Gasteiger partial charge is 0.310 e. The molecule has 1 heterocycles. The van der Waals surface area contributed by atoms with E-state index in [-0.39, 0.29) is 11.9 Å². The van der Waals surface area contributed by atoms with Crippen LogP contribution in [0.5, 0.6) is 0 Å². The highest BCUT2D eigenvalue weighted by molar-refractivity contribution is 5.14. The molecular weight excluding hydrogens is 203 g/mol. The molecule has 2 nitrogen and oxygen atoms in total. The molecule has 0 spiro atoms. The van der Waals surface area contributed by atoms with Crippen molar-refractivity contribution >= 4 is 0 Å². The molecule has 1 aromatic heterocycles. The van der Waals surface area contributed by atoms with Crippen molar-refractivity contribution in [2.75, 3.05) is 6.54 Å². The van der Waals surface area contributed by atoms with E-state index in [0.29, 0.717) is 0 Å². The second kappa shape index (κ2) is 5.39. The number of halogens is 1. The van der Waals surface area contributed by atoms with Crippen molar-refractivity contribution in [1.29, 1.82) is 0 Å². The highest BCUT2D eigenvalue weighted by Gasteiger charge is 2.17. The lowest BCUT2D eigenvalue weighted by molar-refractivity contribution is 0.288. The normalized spacial score (nSPS) is 18.1. The first-order valence-corrected chi connectivity index (χ1v) is 6.09. The van der Waals surface area contributed by atoms with Gasteiger partial charge in [-0.15, -0.1) is 0 Å². The summed E-state index contributed by atoms with van der Waals surface area (Å²) in [6.07, 6.45) is 8.38. The summed E-state index contributed by atoms with van der Waals surface area (Å²) in [6.45, 7) is 3.07. The van der Waals surface area contributed by atoms with E-state index in [1.165, 1.54) is 31.9 Å². The Bertz CT molecular complexity index is 336. The van der Waals surface area contributed by atoms with Crippen LogP contribution in [0.15, 0.2) is 18.5 Å². The van der Waals surface area contributed by atoms with Crippen LogP contribution in [0.3, 0.4) is 0 Å². The first-order valence-electron chi connectivity index (χ1n) is 6.09. The van der Waals surface area contributed by atoms with Crippen LogP contribution in [0.25, 0.3) is 0 Å². The van der Waals surface area contributed by atoms with E-state index >= 15 is 0 Å². The highest BCUT2D eigenvalue weighted by atomic mass is 19.1. The molecule has 1 saturated carbocycles. The van der Waals surface area contributed by atoms with Gasteiger partial charge in [-0.3, -0.25) is 4.98 Å². The van der Waals surface area contributed by atoms with Crippen molar-refractivity contribution in [1.82, 2.24) is 10.3 Å². The summed E-state index contributed by atoms with van der Waals surface area (Å²) in [5.41, 5.74) is 0.925. The Morgan fingerprint density at radius 2 is 2.31 bits per heavy atom. The fourth-order valence-corrected chi connectivity index (χ4v) is 2.07. The minimum Gasteiger partial charge on any atom is -0.310 e. The van der Waals surface area contributed by atoms with Gasteiger partial charge in [0.05, 0.1) is 6.20 Å². The first kappa shape index (κ1) is 11.5. The molecule has 1 aliphatic carbocycles. The van der Waals surface area contributed by atoms with Gasteiger partial charge in [0.25, 0.3) is 0 Å². The van der Waals surface area contributed by atoms with Crippen LogP contribution in [-0.2, 0) is 0 Å². The SMILES string of the molecule is CC(NCCC1CCC1)c1cncc(F)c1. The van der Waals surface area contributed by atoms with Crippen LogP contribution in [0, 0.1) is 11.7 Å². The number of rotatable bonds is 5. The van der Waals surface area contributed by atoms with Gasteiger partial charge in [0.2, 0.25) is 0 Å². The Balaban J connectivity index is 1.76. The summed E-state index contributed by atoms with van der Waals surface area (Å²) in [7, 11) is 0. The lowest BCUT2D eigenvalue weighted by Crippen LogP contribution is -2.24. The van der Waals surface area contributed by atoms with Gasteiger partial charge in [0.1, 0.15) is 5.82 Å². The Morgan fingerprint density at radius 3 is 2.94 bits per heavy atom. The van der Waals surface area contributed by atoms with E-state index in [2.05, 4.69) is 17.2 Å². The van der Waals surface area contributed by atoms with Crippen molar-refractivity contribution in [2.45, 2.75) is 38.6 Å². The molecule has 2 rings (SSSR count). The average molecular weight is 222 g/mol. The topological polar surface area (TPSA) is 24.9 Å². The minimum absolute atomic E-state index is 0.184. The summed E-state index contributed by atoms with van der Waals surface area (Å²) < 4.78 is 13.0. The van der Waals surface area contributed by atoms with Gasteiger partial charge < -0.3 is 5.32 Å². The third kappa shape index (κ3) is 3.01. The third-order valence-corrected chi connectivity index (χ3v) is 3.45. The number of nitrogens with one attached hydrogen (secondary N) is 1. The van der Waals surface area contributed by atoms with Crippen LogP contribution in [0.4, 0.5) is 4.39 Å². The average Bonchev–Trinajstić information content (AvgIpc) is 2.21. The predicted octanol–water partition coefficient (Wildman–Crippen LogP) is 3.06. The second-order valence-electron chi connectivity index (χ2n) is 4.70. The van der Waals surface area contributed by atoms with Gasteiger partial charge >= 0.3 is 0 Å². The Morgan fingerprint density at radius 1 is 1.50 bits per heavy atom. The van der Waals surface area contributed by atoms with Crippen molar-refractivity contribution in [3.63, 3.8) is 0 Å². The van der Waals surface area contributed by atoms with Gasteiger partial charge in [-0.1, -0.05) is 19.3 Å². The quantitative estimate of drug-likeness (QED) is 0.828. The monoisotopic (exact) mass is 222 g/mol. The van der Waals surface area contributed by atoms with Crippen molar-refractivity contribution in [2.24, 2.45) is 5.92 Å². The summed E-state index contributed by atoms with van der Waals surface area (Å²) in [5, 5.41) is 3.42. The van der Waals surface area contributed by atoms with E-state index in [4.69, 9.17) is 0 Å². The van der Waals surface area contributed by atoms with E-state index in [0.717, 1.165) is 18.0 Å². The molecule has 0 amide bonds. The zero-order chi connectivity index (χ0) is 11.4. The maximum atomic E-state index is 13.0. The van der Waals surface area contributed by atoms with E-state index < -0.39 is 0 Å². The zero-order valence-electron chi connectivity index (χ0n) is 9.75. The van der Waals surface area contributed by atoms with Crippen LogP contribution in [0.2, 0.25) is 0 Å². The number of pyridine rings is 1.